The van der Waals surface area contributed by atoms with Crippen LogP contribution in [0.4, 0.5) is 5.13 Å². The largest absolute Gasteiger partial charge is 0.503 e. The summed E-state index contributed by atoms with van der Waals surface area (Å²) in [7, 11) is 1.49. The number of benzene rings is 2. The first kappa shape index (κ1) is 26.9. The molecule has 4 aromatic rings. The average Bonchev–Trinajstić information content (AvgIpc) is 3.63. The van der Waals surface area contributed by atoms with Crippen LogP contribution in [-0.2, 0) is 9.53 Å². The van der Waals surface area contributed by atoms with Crippen molar-refractivity contribution in [1.82, 2.24) is 4.98 Å². The minimum Gasteiger partial charge on any atom is -0.503 e. The first-order valence-corrected chi connectivity index (χ1v) is 13.4. The van der Waals surface area contributed by atoms with Gasteiger partial charge in [0.2, 0.25) is 5.78 Å². The Morgan fingerprint density at radius 3 is 2.55 bits per heavy atom. The van der Waals surface area contributed by atoms with Crippen molar-refractivity contribution < 1.29 is 38.1 Å². The lowest BCUT2D eigenvalue weighted by Crippen LogP contribution is -2.31. The predicted molar refractivity (Wildman–Crippen MR) is 147 cm³/mol. The Bertz CT molecular complexity index is 1650. The third-order valence-corrected chi connectivity index (χ3v) is 7.50. The van der Waals surface area contributed by atoms with Crippen LogP contribution in [0.1, 0.15) is 51.4 Å². The van der Waals surface area contributed by atoms with Gasteiger partial charge in [-0.1, -0.05) is 35.6 Å². The van der Waals surface area contributed by atoms with Gasteiger partial charge in [-0.25, -0.2) is 9.78 Å². The minimum atomic E-state index is -1.06. The molecule has 206 valence electrons. The lowest BCUT2D eigenvalue weighted by atomic mass is 9.95. The molecule has 1 atom stereocenters. The van der Waals surface area contributed by atoms with E-state index in [9.17, 15) is 19.5 Å². The number of amides is 1. The zero-order valence-corrected chi connectivity index (χ0v) is 23.0. The third-order valence-electron chi connectivity index (χ3n) is 6.36. The molecule has 0 spiro atoms. The smallest absolute Gasteiger partial charge is 0.350 e. The van der Waals surface area contributed by atoms with E-state index in [1.54, 1.807) is 56.3 Å². The maximum atomic E-state index is 13.9. The monoisotopic (exact) mass is 562 g/mol. The van der Waals surface area contributed by atoms with E-state index in [4.69, 9.17) is 18.6 Å². The van der Waals surface area contributed by atoms with Crippen molar-refractivity contribution in [3.8, 4) is 11.5 Å². The van der Waals surface area contributed by atoms with Gasteiger partial charge in [-0.2, -0.15) is 0 Å². The van der Waals surface area contributed by atoms with E-state index >= 15 is 0 Å². The Kier molecular flexibility index (Phi) is 7.31. The Labute approximate surface area is 233 Å². The number of anilines is 1. The number of Topliss-reactive ketones (excluding diaryl/α,β-unsaturated/α-hetero) is 1. The molecule has 0 radical (unpaired) electrons. The van der Waals surface area contributed by atoms with Gasteiger partial charge in [0.05, 0.1) is 37.6 Å². The summed E-state index contributed by atoms with van der Waals surface area (Å²) in [6.07, 6.45) is 0. The molecule has 0 saturated carbocycles. The van der Waals surface area contributed by atoms with Gasteiger partial charge in [0.1, 0.15) is 10.6 Å². The highest BCUT2D eigenvalue weighted by Gasteiger charge is 2.47. The average molecular weight is 563 g/mol. The summed E-state index contributed by atoms with van der Waals surface area (Å²) in [5.41, 5.74) is 1.06. The fourth-order valence-electron chi connectivity index (χ4n) is 4.58. The van der Waals surface area contributed by atoms with E-state index in [0.29, 0.717) is 40.3 Å². The molecule has 1 amide bonds. The molecule has 5 rings (SSSR count). The maximum absolute atomic E-state index is 13.9. The molecule has 0 saturated heterocycles. The van der Waals surface area contributed by atoms with Gasteiger partial charge >= 0.3 is 5.97 Å². The molecule has 1 N–H and O–H groups in total. The number of esters is 1. The molecular formula is C29H26N2O8S. The number of methoxy groups -OCH3 is 1. The molecule has 0 fully saturated rings. The summed E-state index contributed by atoms with van der Waals surface area (Å²) in [6, 6.07) is 12.5. The molecule has 40 heavy (non-hydrogen) atoms. The fourth-order valence-corrected chi connectivity index (χ4v) is 5.56. The van der Waals surface area contributed by atoms with Gasteiger partial charge in [0.15, 0.2) is 28.0 Å². The Balaban J connectivity index is 1.63. The number of aliphatic hydroxyl groups excluding tert-OH is 1. The van der Waals surface area contributed by atoms with E-state index < -0.39 is 29.5 Å². The Morgan fingerprint density at radius 1 is 1.12 bits per heavy atom. The predicted octanol–water partition coefficient (Wildman–Crippen LogP) is 5.56. The van der Waals surface area contributed by atoms with Crippen LogP contribution in [0, 0.1) is 6.92 Å². The number of hydrogen-bond acceptors (Lipinski definition) is 10. The zero-order valence-electron chi connectivity index (χ0n) is 22.2. The number of furan rings is 1. The normalized spacial score (nSPS) is 15.2. The summed E-state index contributed by atoms with van der Waals surface area (Å²) in [4.78, 5) is 45.8. The number of hydrogen-bond donors (Lipinski definition) is 1. The van der Waals surface area contributed by atoms with Crippen LogP contribution in [0.25, 0.3) is 11.0 Å². The van der Waals surface area contributed by atoms with Crippen molar-refractivity contribution in [3.05, 3.63) is 81.8 Å². The Morgan fingerprint density at radius 2 is 1.88 bits per heavy atom. The van der Waals surface area contributed by atoms with E-state index in [0.717, 1.165) is 11.3 Å². The first-order valence-electron chi connectivity index (χ1n) is 12.5. The van der Waals surface area contributed by atoms with Crippen molar-refractivity contribution in [2.75, 3.05) is 25.2 Å². The first-order chi connectivity index (χ1) is 19.3. The highest BCUT2D eigenvalue weighted by molar-refractivity contribution is 7.17. The molecule has 2 aromatic heterocycles. The highest BCUT2D eigenvalue weighted by Crippen LogP contribution is 2.44. The fraction of sp³-hybridized carbons (Fsp3) is 0.241. The summed E-state index contributed by atoms with van der Waals surface area (Å²) < 4.78 is 21.9. The van der Waals surface area contributed by atoms with Gasteiger partial charge in [0, 0.05) is 5.39 Å². The second-order valence-electron chi connectivity index (χ2n) is 8.79. The van der Waals surface area contributed by atoms with E-state index in [2.05, 4.69) is 4.98 Å². The number of ketones is 1. The van der Waals surface area contributed by atoms with Gasteiger partial charge in [-0.15, -0.1) is 0 Å². The molecular weight excluding hydrogens is 536 g/mol. The summed E-state index contributed by atoms with van der Waals surface area (Å²) in [5, 5.41) is 11.8. The highest BCUT2D eigenvalue weighted by atomic mass is 32.1. The number of nitrogens with zero attached hydrogens (tertiary/aromatic N) is 2. The van der Waals surface area contributed by atoms with E-state index in [-0.39, 0.29) is 27.9 Å². The second-order valence-corrected chi connectivity index (χ2v) is 9.77. The van der Waals surface area contributed by atoms with Crippen LogP contribution in [0.15, 0.2) is 64.3 Å². The van der Waals surface area contributed by atoms with Crippen LogP contribution in [0.5, 0.6) is 11.5 Å². The minimum absolute atomic E-state index is 0.0748. The maximum Gasteiger partial charge on any atom is 0.350 e. The van der Waals surface area contributed by atoms with E-state index in [1.165, 1.54) is 18.1 Å². The number of ether oxygens (including phenoxy) is 3. The van der Waals surface area contributed by atoms with Crippen molar-refractivity contribution >= 4 is 45.1 Å². The number of thiazole rings is 1. The van der Waals surface area contributed by atoms with Crippen molar-refractivity contribution in [3.63, 3.8) is 0 Å². The van der Waals surface area contributed by atoms with Gasteiger partial charge in [-0.05, 0) is 50.6 Å². The number of fused-ring (bicyclic) bond motifs is 1. The number of carbonyl (C=O) groups excluding carboxylic acids is 3. The SMILES string of the molecule is CCOC(=O)c1sc(N2C(=O)C(O)=C(C(=O)c3cc4cccc(OC)c4o3)C2c2ccc(OCC)cc2)nc1C. The molecule has 0 aliphatic carbocycles. The number of aromatic nitrogens is 1. The van der Waals surface area contributed by atoms with Gasteiger partial charge in [0.25, 0.3) is 5.91 Å². The number of para-hydroxylation sites is 1. The van der Waals surface area contributed by atoms with Crippen molar-refractivity contribution in [2.45, 2.75) is 26.8 Å². The molecule has 1 unspecified atom stereocenters. The Hall–Kier alpha value is -4.64. The van der Waals surface area contributed by atoms with Gasteiger partial charge < -0.3 is 23.7 Å². The topological polar surface area (TPSA) is 128 Å². The number of rotatable bonds is 9. The quantitative estimate of drug-likeness (QED) is 0.206. The lowest BCUT2D eigenvalue weighted by Gasteiger charge is -2.24. The lowest BCUT2D eigenvalue weighted by molar-refractivity contribution is -0.117. The number of aryl methyl sites for hydroxylation is 1. The standard InChI is InChI=1S/C29H26N2O8S/c1-5-37-18-12-10-16(11-13-18)22-21(23(32)20-14-17-8-7-9-19(36-4)25(17)39-20)24(33)27(34)31(22)29-30-15(3)26(40-29)28(35)38-6-2/h7-14,22,33H,5-6H2,1-4H3. The second kappa shape index (κ2) is 10.9. The molecule has 1 aliphatic rings. The molecule has 0 bridgehead atoms. The molecule has 1 aliphatic heterocycles. The van der Waals surface area contributed by atoms with Crippen LogP contribution in [0.2, 0.25) is 0 Å². The van der Waals surface area contributed by atoms with Crippen molar-refractivity contribution in [2.24, 2.45) is 0 Å². The summed E-state index contributed by atoms with van der Waals surface area (Å²) in [6.45, 7) is 5.81. The summed E-state index contributed by atoms with van der Waals surface area (Å²) >= 11 is 0.944. The zero-order chi connectivity index (χ0) is 28.6. The van der Waals surface area contributed by atoms with Crippen LogP contribution in [0.3, 0.4) is 0 Å². The number of aliphatic hydroxyl groups is 1. The van der Waals surface area contributed by atoms with Crippen molar-refractivity contribution in [1.29, 1.82) is 0 Å². The van der Waals surface area contributed by atoms with E-state index in [1.807, 2.05) is 6.92 Å². The van der Waals surface area contributed by atoms with Crippen LogP contribution < -0.4 is 14.4 Å². The van der Waals surface area contributed by atoms with Crippen LogP contribution >= 0.6 is 11.3 Å². The van der Waals surface area contributed by atoms with Crippen LogP contribution in [-0.4, -0.2) is 48.1 Å². The summed E-state index contributed by atoms with van der Waals surface area (Å²) in [5.74, 6) is -1.85. The molecule has 3 heterocycles. The molecule has 11 heteroatoms. The number of carbonyl (C=O) groups is 3. The molecule has 2 aromatic carbocycles. The van der Waals surface area contributed by atoms with Gasteiger partial charge in [-0.3, -0.25) is 14.5 Å². The third kappa shape index (κ3) is 4.58. The molecule has 10 nitrogen and oxygen atoms in total.